The zero-order valence-electron chi connectivity index (χ0n) is 13.2. The Hall–Kier alpha value is -2.95. The van der Waals surface area contributed by atoms with Crippen molar-refractivity contribution in [1.29, 1.82) is 0 Å². The average molecular weight is 319 g/mol. The van der Waals surface area contributed by atoms with Crippen LogP contribution in [0.2, 0.25) is 0 Å². The molecule has 0 amide bonds. The van der Waals surface area contributed by atoms with Gasteiger partial charge in [-0.1, -0.05) is 24.3 Å². The maximum Gasteiger partial charge on any atom is 0.231 e. The van der Waals surface area contributed by atoms with Crippen LogP contribution in [0.3, 0.4) is 0 Å². The summed E-state index contributed by atoms with van der Waals surface area (Å²) >= 11 is 0. The van der Waals surface area contributed by atoms with Gasteiger partial charge in [0.25, 0.3) is 0 Å². The molecule has 0 fully saturated rings. The summed E-state index contributed by atoms with van der Waals surface area (Å²) in [6, 6.07) is 14.7. The second-order valence-electron chi connectivity index (χ2n) is 6.14. The standard InChI is InChI=1S/C19H17N3O2/c1-2-4-16-15(3-1)11-21-8-7-20-19(21)12-22(16)10-14-5-6-17-18(9-14)24-13-23-17/h1-9H,10-13H2. The smallest absolute Gasteiger partial charge is 0.231 e. The topological polar surface area (TPSA) is 39.5 Å². The van der Waals surface area contributed by atoms with E-state index in [1.54, 1.807) is 0 Å². The molecule has 3 aromatic rings. The third-order valence-corrected chi connectivity index (χ3v) is 4.62. The van der Waals surface area contributed by atoms with Gasteiger partial charge in [0.2, 0.25) is 6.79 Å². The average Bonchev–Trinajstić information content (AvgIpc) is 3.21. The van der Waals surface area contributed by atoms with Gasteiger partial charge < -0.3 is 18.9 Å². The summed E-state index contributed by atoms with van der Waals surface area (Å²) in [6.07, 6.45) is 3.93. The van der Waals surface area contributed by atoms with E-state index >= 15 is 0 Å². The largest absolute Gasteiger partial charge is 0.454 e. The number of rotatable bonds is 2. The van der Waals surface area contributed by atoms with Crippen LogP contribution in [0.25, 0.3) is 0 Å². The Kier molecular flexibility index (Phi) is 2.98. The number of imidazole rings is 1. The molecular formula is C19H17N3O2. The number of ether oxygens (including phenoxy) is 2. The van der Waals surface area contributed by atoms with Crippen LogP contribution in [0.5, 0.6) is 11.5 Å². The van der Waals surface area contributed by atoms with Crippen molar-refractivity contribution in [2.75, 3.05) is 11.7 Å². The molecule has 5 heteroatoms. The summed E-state index contributed by atoms with van der Waals surface area (Å²) in [7, 11) is 0. The fraction of sp³-hybridized carbons (Fsp3) is 0.211. The summed E-state index contributed by atoms with van der Waals surface area (Å²) < 4.78 is 13.1. The van der Waals surface area contributed by atoms with Crippen molar-refractivity contribution in [1.82, 2.24) is 9.55 Å². The van der Waals surface area contributed by atoms with Gasteiger partial charge in [0.15, 0.2) is 11.5 Å². The monoisotopic (exact) mass is 319 g/mol. The van der Waals surface area contributed by atoms with Gasteiger partial charge in [-0.25, -0.2) is 4.98 Å². The lowest BCUT2D eigenvalue weighted by Crippen LogP contribution is -2.22. The number of para-hydroxylation sites is 1. The van der Waals surface area contributed by atoms with Crippen LogP contribution in [0.15, 0.2) is 54.9 Å². The zero-order valence-corrected chi connectivity index (χ0v) is 13.2. The van der Waals surface area contributed by atoms with Crippen LogP contribution < -0.4 is 14.4 Å². The minimum absolute atomic E-state index is 0.308. The van der Waals surface area contributed by atoms with Gasteiger partial charge >= 0.3 is 0 Å². The molecule has 0 saturated heterocycles. The van der Waals surface area contributed by atoms with Gasteiger partial charge in [-0.2, -0.15) is 0 Å². The van der Waals surface area contributed by atoms with E-state index in [4.69, 9.17) is 9.47 Å². The molecule has 24 heavy (non-hydrogen) atoms. The van der Waals surface area contributed by atoms with E-state index in [9.17, 15) is 0 Å². The SMILES string of the molecule is c1ccc2c(c1)Cn1ccnc1CN2Cc1ccc2c(c1)OCO2. The van der Waals surface area contributed by atoms with Crippen molar-refractivity contribution in [3.05, 3.63) is 71.8 Å². The van der Waals surface area contributed by atoms with Gasteiger partial charge in [0, 0.05) is 24.6 Å². The Morgan fingerprint density at radius 2 is 1.92 bits per heavy atom. The molecule has 0 N–H and O–H groups in total. The Morgan fingerprint density at radius 1 is 1.00 bits per heavy atom. The molecule has 0 saturated carbocycles. The van der Waals surface area contributed by atoms with E-state index in [-0.39, 0.29) is 0 Å². The van der Waals surface area contributed by atoms with Gasteiger partial charge in [-0.05, 0) is 29.3 Å². The number of hydrogen-bond donors (Lipinski definition) is 0. The maximum atomic E-state index is 5.51. The van der Waals surface area contributed by atoms with Crippen molar-refractivity contribution in [3.8, 4) is 11.5 Å². The third kappa shape index (κ3) is 2.21. The molecule has 3 heterocycles. The normalized spacial score (nSPS) is 14.9. The first-order chi connectivity index (χ1) is 11.9. The van der Waals surface area contributed by atoms with Crippen LogP contribution in [-0.2, 0) is 19.6 Å². The second kappa shape index (κ2) is 5.30. The van der Waals surface area contributed by atoms with E-state index in [0.717, 1.165) is 37.0 Å². The Bertz CT molecular complexity index is 903. The minimum atomic E-state index is 0.308. The fourth-order valence-corrected chi connectivity index (χ4v) is 3.43. The van der Waals surface area contributed by atoms with Crippen molar-refractivity contribution >= 4 is 5.69 Å². The summed E-state index contributed by atoms with van der Waals surface area (Å²) in [5.74, 6) is 2.75. The van der Waals surface area contributed by atoms with E-state index in [0.29, 0.717) is 6.79 Å². The number of anilines is 1. The van der Waals surface area contributed by atoms with Gasteiger partial charge in [0.1, 0.15) is 5.82 Å². The molecule has 2 aliphatic rings. The predicted molar refractivity (Wildman–Crippen MR) is 90.2 cm³/mol. The Morgan fingerprint density at radius 3 is 2.92 bits per heavy atom. The first kappa shape index (κ1) is 13.5. The van der Waals surface area contributed by atoms with Crippen LogP contribution in [-0.4, -0.2) is 16.3 Å². The molecule has 2 aliphatic heterocycles. The van der Waals surface area contributed by atoms with Crippen molar-refractivity contribution in [2.24, 2.45) is 0 Å². The summed E-state index contributed by atoms with van der Waals surface area (Å²) in [4.78, 5) is 6.90. The number of benzene rings is 2. The highest BCUT2D eigenvalue weighted by molar-refractivity contribution is 5.56. The molecule has 1 aromatic heterocycles. The molecule has 0 atom stereocenters. The van der Waals surface area contributed by atoms with E-state index in [1.807, 2.05) is 12.3 Å². The quantitative estimate of drug-likeness (QED) is 0.727. The van der Waals surface area contributed by atoms with Gasteiger partial charge in [-0.15, -0.1) is 0 Å². The van der Waals surface area contributed by atoms with Crippen molar-refractivity contribution in [3.63, 3.8) is 0 Å². The first-order valence-electron chi connectivity index (χ1n) is 8.08. The molecule has 5 rings (SSSR count). The molecule has 120 valence electrons. The molecule has 5 nitrogen and oxygen atoms in total. The Labute approximate surface area is 140 Å². The van der Waals surface area contributed by atoms with Crippen LogP contribution in [0.4, 0.5) is 5.69 Å². The van der Waals surface area contributed by atoms with Crippen LogP contribution >= 0.6 is 0 Å². The molecule has 2 aromatic carbocycles. The molecule has 0 unspecified atom stereocenters. The highest BCUT2D eigenvalue weighted by Gasteiger charge is 2.20. The third-order valence-electron chi connectivity index (χ3n) is 4.62. The maximum absolute atomic E-state index is 5.51. The highest BCUT2D eigenvalue weighted by atomic mass is 16.7. The van der Waals surface area contributed by atoms with Gasteiger partial charge in [0.05, 0.1) is 13.1 Å². The number of fused-ring (bicyclic) bond motifs is 3. The Balaban J connectivity index is 1.52. The number of hydrogen-bond acceptors (Lipinski definition) is 4. The highest BCUT2D eigenvalue weighted by Crippen LogP contribution is 2.34. The second-order valence-corrected chi connectivity index (χ2v) is 6.14. The van der Waals surface area contributed by atoms with Crippen molar-refractivity contribution < 1.29 is 9.47 Å². The minimum Gasteiger partial charge on any atom is -0.454 e. The number of aromatic nitrogens is 2. The lowest BCUT2D eigenvalue weighted by atomic mass is 10.1. The fourth-order valence-electron chi connectivity index (χ4n) is 3.43. The van der Waals surface area contributed by atoms with Gasteiger partial charge in [-0.3, -0.25) is 0 Å². The molecule has 0 radical (unpaired) electrons. The summed E-state index contributed by atoms with van der Waals surface area (Å²) in [6.45, 7) is 2.77. The predicted octanol–water partition coefficient (Wildman–Crippen LogP) is 3.18. The molecule has 0 bridgehead atoms. The lowest BCUT2D eigenvalue weighted by molar-refractivity contribution is 0.174. The molecular weight excluding hydrogens is 302 g/mol. The van der Waals surface area contributed by atoms with E-state index < -0.39 is 0 Å². The van der Waals surface area contributed by atoms with E-state index in [2.05, 4.69) is 57.0 Å². The molecule has 0 spiro atoms. The first-order valence-corrected chi connectivity index (χ1v) is 8.08. The van der Waals surface area contributed by atoms with Crippen molar-refractivity contribution in [2.45, 2.75) is 19.6 Å². The summed E-state index contributed by atoms with van der Waals surface area (Å²) in [5, 5.41) is 0. The lowest BCUT2D eigenvalue weighted by Gasteiger charge is -2.24. The molecule has 0 aliphatic carbocycles. The number of nitrogens with zero attached hydrogens (tertiary/aromatic N) is 3. The van der Waals surface area contributed by atoms with Crippen LogP contribution in [0.1, 0.15) is 17.0 Å². The zero-order chi connectivity index (χ0) is 15.9. The van der Waals surface area contributed by atoms with E-state index in [1.165, 1.54) is 16.8 Å². The van der Waals surface area contributed by atoms with Crippen LogP contribution in [0, 0.1) is 0 Å². The summed E-state index contributed by atoms with van der Waals surface area (Å²) in [5.41, 5.74) is 3.78.